The summed E-state index contributed by atoms with van der Waals surface area (Å²) in [7, 11) is 0. The fourth-order valence-electron chi connectivity index (χ4n) is 3.98. The summed E-state index contributed by atoms with van der Waals surface area (Å²) in [5, 5.41) is 4.42. The van der Waals surface area contributed by atoms with Gasteiger partial charge in [-0.05, 0) is 68.9 Å². The molecule has 6 nitrogen and oxygen atoms in total. The summed E-state index contributed by atoms with van der Waals surface area (Å²) < 4.78 is 5.38. The quantitative estimate of drug-likeness (QED) is 0.511. The molecule has 0 bridgehead atoms. The van der Waals surface area contributed by atoms with E-state index in [9.17, 15) is 9.59 Å². The van der Waals surface area contributed by atoms with Gasteiger partial charge in [0.2, 0.25) is 0 Å². The number of amides is 1. The van der Waals surface area contributed by atoms with Crippen molar-refractivity contribution in [3.63, 3.8) is 0 Å². The second kappa shape index (κ2) is 9.28. The molecule has 1 amide bonds. The Morgan fingerprint density at radius 2 is 2.03 bits per heavy atom. The van der Waals surface area contributed by atoms with Crippen molar-refractivity contribution in [1.29, 1.82) is 0 Å². The fourth-order valence-corrected chi connectivity index (χ4v) is 5.35. The molecular weight excluding hydrogens is 481 g/mol. The van der Waals surface area contributed by atoms with Gasteiger partial charge in [-0.3, -0.25) is 20.1 Å². The topological polar surface area (TPSA) is 80.6 Å². The molecule has 2 atom stereocenters. The van der Waals surface area contributed by atoms with E-state index in [0.29, 0.717) is 26.8 Å². The van der Waals surface area contributed by atoms with E-state index in [0.717, 1.165) is 29.7 Å². The minimum Gasteiger partial charge on any atom is -0.444 e. The number of carbonyl (C=O) groups is 2. The molecular formula is C24H25Cl2N3O3S. The van der Waals surface area contributed by atoms with Gasteiger partial charge >= 0.3 is 6.09 Å². The maximum atomic E-state index is 12.7. The highest BCUT2D eigenvalue weighted by Crippen LogP contribution is 2.60. The first kappa shape index (κ1) is 24.0. The molecule has 0 unspecified atom stereocenters. The second-order valence-corrected chi connectivity index (χ2v) is 11.2. The molecule has 0 radical (unpaired) electrons. The summed E-state index contributed by atoms with van der Waals surface area (Å²) in [6.45, 7) is 5.46. The number of ketones is 1. The van der Waals surface area contributed by atoms with E-state index in [4.69, 9.17) is 32.9 Å². The number of aromatic nitrogens is 1. The van der Waals surface area contributed by atoms with Crippen LogP contribution in [0.1, 0.15) is 55.2 Å². The number of ether oxygens (including phenoxy) is 1. The first-order valence-corrected chi connectivity index (χ1v) is 12.5. The van der Waals surface area contributed by atoms with E-state index in [-0.39, 0.29) is 12.2 Å². The zero-order valence-corrected chi connectivity index (χ0v) is 21.0. The molecule has 1 aromatic carbocycles. The molecule has 2 heterocycles. The van der Waals surface area contributed by atoms with Crippen LogP contribution >= 0.6 is 35.0 Å². The third kappa shape index (κ3) is 5.70. The number of Topliss-reactive ketones (excluding diaryl/α,β-unsaturated/α-hetero) is 1. The van der Waals surface area contributed by atoms with Crippen LogP contribution in [0.15, 0.2) is 41.5 Å². The summed E-state index contributed by atoms with van der Waals surface area (Å²) in [5.41, 5.74) is 0.997. The fraction of sp³-hybridized carbons (Fsp3) is 0.417. The van der Waals surface area contributed by atoms with Gasteiger partial charge in [-0.2, -0.15) is 0 Å². The van der Waals surface area contributed by atoms with Crippen molar-refractivity contribution in [3.8, 4) is 0 Å². The highest BCUT2D eigenvalue weighted by atomic mass is 35.5. The van der Waals surface area contributed by atoms with Gasteiger partial charge in [0, 0.05) is 23.4 Å². The van der Waals surface area contributed by atoms with Crippen LogP contribution in [0.25, 0.3) is 0 Å². The Bertz CT molecular complexity index is 1110. The van der Waals surface area contributed by atoms with Crippen LogP contribution in [-0.4, -0.2) is 33.4 Å². The predicted octanol–water partition coefficient (Wildman–Crippen LogP) is 6.05. The lowest BCUT2D eigenvalue weighted by Crippen LogP contribution is -2.35. The van der Waals surface area contributed by atoms with Crippen LogP contribution in [0.4, 0.5) is 4.79 Å². The third-order valence-corrected chi connectivity index (χ3v) is 7.02. The number of nitrogens with zero attached hydrogens (tertiary/aromatic N) is 2. The summed E-state index contributed by atoms with van der Waals surface area (Å²) in [5.74, 6) is 1.08. The molecule has 1 aromatic heterocycles. The van der Waals surface area contributed by atoms with Crippen molar-refractivity contribution < 1.29 is 14.3 Å². The average Bonchev–Trinajstić information content (AvgIpc) is 3.43. The maximum Gasteiger partial charge on any atom is 0.413 e. The standard InChI is InChI=1S/C24H25Cl2N3O3S/c1-23(2,3)32-22(31)28-21-29-24(12-15(24)8-9-33-21)17-10-14(4-6-18(17)26)11-20(30)19-7-5-16(25)13-27-19/h4-7,10,13,15H,8-9,11-12H2,1-3H3,(H,28,29,31)/t15-,24+/m1/s1. The van der Waals surface area contributed by atoms with Gasteiger partial charge in [-0.15, -0.1) is 0 Å². The molecule has 1 saturated carbocycles. The number of benzene rings is 1. The van der Waals surface area contributed by atoms with Gasteiger partial charge in [-0.1, -0.05) is 47.1 Å². The minimum absolute atomic E-state index is 0.100. The third-order valence-electron chi connectivity index (χ3n) is 5.56. The molecule has 4 rings (SSSR count). The van der Waals surface area contributed by atoms with Crippen LogP contribution in [0.5, 0.6) is 0 Å². The number of rotatable bonds is 4. The molecule has 1 aliphatic heterocycles. The Hall–Kier alpha value is -2.09. The smallest absolute Gasteiger partial charge is 0.413 e. The number of aliphatic imine (C=N–C) groups is 1. The summed E-state index contributed by atoms with van der Waals surface area (Å²) >= 11 is 14.0. The molecule has 33 heavy (non-hydrogen) atoms. The van der Waals surface area contributed by atoms with Crippen molar-refractivity contribution in [1.82, 2.24) is 10.3 Å². The lowest BCUT2D eigenvalue weighted by atomic mass is 9.97. The number of fused-ring (bicyclic) bond motifs is 1. The number of thioether (sulfide) groups is 1. The van der Waals surface area contributed by atoms with E-state index in [1.165, 1.54) is 18.0 Å². The van der Waals surface area contributed by atoms with E-state index in [2.05, 4.69) is 10.3 Å². The zero-order valence-electron chi connectivity index (χ0n) is 18.7. The Balaban J connectivity index is 1.57. The van der Waals surface area contributed by atoms with Gasteiger partial charge in [0.05, 0.1) is 10.6 Å². The molecule has 2 aromatic rings. The maximum absolute atomic E-state index is 12.7. The van der Waals surface area contributed by atoms with Crippen molar-refractivity contribution in [2.24, 2.45) is 10.9 Å². The van der Waals surface area contributed by atoms with Gasteiger partial charge < -0.3 is 4.74 Å². The summed E-state index contributed by atoms with van der Waals surface area (Å²) in [6, 6.07) is 8.90. The normalized spacial score (nSPS) is 22.0. The molecule has 9 heteroatoms. The van der Waals surface area contributed by atoms with Crippen molar-refractivity contribution in [3.05, 3.63) is 63.4 Å². The number of carbonyl (C=O) groups excluding carboxylic acids is 2. The van der Waals surface area contributed by atoms with E-state index in [1.54, 1.807) is 12.1 Å². The number of hydrogen-bond donors (Lipinski definition) is 1. The molecule has 0 saturated heterocycles. The van der Waals surface area contributed by atoms with Crippen LogP contribution in [0.3, 0.4) is 0 Å². The highest BCUT2D eigenvalue weighted by Gasteiger charge is 2.57. The van der Waals surface area contributed by atoms with E-state index in [1.807, 2.05) is 39.0 Å². The molecule has 174 valence electrons. The number of halogens is 2. The Morgan fingerprint density at radius 3 is 2.73 bits per heavy atom. The Labute approximate surface area is 207 Å². The van der Waals surface area contributed by atoms with Crippen LogP contribution in [0, 0.1) is 5.92 Å². The van der Waals surface area contributed by atoms with Crippen LogP contribution in [-0.2, 0) is 16.7 Å². The Kier molecular flexibility index (Phi) is 6.76. The van der Waals surface area contributed by atoms with Gasteiger partial charge in [0.15, 0.2) is 11.0 Å². The molecule has 2 aliphatic rings. The van der Waals surface area contributed by atoms with Crippen molar-refractivity contribution >= 4 is 52.0 Å². The predicted molar refractivity (Wildman–Crippen MR) is 132 cm³/mol. The monoisotopic (exact) mass is 505 g/mol. The first-order chi connectivity index (χ1) is 15.6. The highest BCUT2D eigenvalue weighted by molar-refractivity contribution is 8.13. The first-order valence-electron chi connectivity index (χ1n) is 10.7. The van der Waals surface area contributed by atoms with Gasteiger partial charge in [0.25, 0.3) is 0 Å². The second-order valence-electron chi connectivity index (χ2n) is 9.28. The van der Waals surface area contributed by atoms with Crippen molar-refractivity contribution in [2.45, 2.75) is 51.2 Å². The average molecular weight is 506 g/mol. The SMILES string of the molecule is CC(C)(C)OC(=O)NC1=N[C@@]2(c3cc(CC(=O)c4ccc(Cl)cn4)ccc3Cl)C[C@H]2CCS1. The number of hydrogen-bond acceptors (Lipinski definition) is 6. The largest absolute Gasteiger partial charge is 0.444 e. The Morgan fingerprint density at radius 1 is 1.24 bits per heavy atom. The van der Waals surface area contributed by atoms with E-state index >= 15 is 0 Å². The number of alkyl carbamates (subject to hydrolysis) is 1. The number of amidine groups is 1. The lowest BCUT2D eigenvalue weighted by Gasteiger charge is -2.21. The summed E-state index contributed by atoms with van der Waals surface area (Å²) in [4.78, 5) is 34.1. The van der Waals surface area contributed by atoms with Crippen LogP contribution in [0.2, 0.25) is 10.0 Å². The van der Waals surface area contributed by atoms with Gasteiger partial charge in [0.1, 0.15) is 11.3 Å². The lowest BCUT2D eigenvalue weighted by molar-refractivity contribution is 0.0564. The van der Waals surface area contributed by atoms with Gasteiger partial charge in [-0.25, -0.2) is 4.79 Å². The van der Waals surface area contributed by atoms with Crippen LogP contribution < -0.4 is 5.32 Å². The molecule has 1 fully saturated rings. The number of pyridine rings is 1. The molecule has 1 aliphatic carbocycles. The summed E-state index contributed by atoms with van der Waals surface area (Å²) in [6.07, 6.45) is 2.95. The molecule has 0 spiro atoms. The van der Waals surface area contributed by atoms with Crippen molar-refractivity contribution in [2.75, 3.05) is 5.75 Å². The molecule has 1 N–H and O–H groups in total. The van der Waals surface area contributed by atoms with E-state index < -0.39 is 17.2 Å². The number of nitrogens with one attached hydrogen (secondary N) is 1. The zero-order chi connectivity index (χ0) is 23.8. The minimum atomic E-state index is -0.594.